The molecule has 1 heterocycles. The minimum atomic E-state index is -3.89. The number of amides is 2. The van der Waals surface area contributed by atoms with Crippen LogP contribution in [0, 0.1) is 5.82 Å². The number of benzene rings is 3. The number of rotatable bonds is 6. The standard InChI is InChI=1S/C22H17FN4O4S2/c1-13(28)24-17-8-11-19-20(12-17)32-22(25-19)26-21(29)14-2-6-16(7-3-14)27-33(30,31)18-9-4-15(23)5-10-18/h2-12,27H,1H3,(H,24,28)(H,25,26,29). The monoisotopic (exact) mass is 484 g/mol. The molecule has 0 atom stereocenters. The van der Waals surface area contributed by atoms with E-state index in [4.69, 9.17) is 0 Å². The average molecular weight is 485 g/mol. The van der Waals surface area contributed by atoms with Crippen molar-refractivity contribution < 1.29 is 22.4 Å². The van der Waals surface area contributed by atoms with E-state index in [-0.39, 0.29) is 16.5 Å². The highest BCUT2D eigenvalue weighted by Crippen LogP contribution is 2.29. The third-order valence-electron chi connectivity index (χ3n) is 4.45. The Morgan fingerprint density at radius 2 is 1.58 bits per heavy atom. The highest BCUT2D eigenvalue weighted by Gasteiger charge is 2.15. The molecule has 0 saturated carbocycles. The number of aromatic nitrogens is 1. The van der Waals surface area contributed by atoms with Crippen molar-refractivity contribution in [2.24, 2.45) is 0 Å². The van der Waals surface area contributed by atoms with Crippen LogP contribution in [-0.2, 0) is 14.8 Å². The maximum Gasteiger partial charge on any atom is 0.261 e. The Labute approximate surface area is 192 Å². The molecule has 0 fully saturated rings. The van der Waals surface area contributed by atoms with Gasteiger partial charge in [0.2, 0.25) is 5.91 Å². The summed E-state index contributed by atoms with van der Waals surface area (Å²) in [6, 6.07) is 15.5. The first-order chi connectivity index (χ1) is 15.7. The molecule has 168 valence electrons. The van der Waals surface area contributed by atoms with Gasteiger partial charge in [0.05, 0.1) is 15.1 Å². The largest absolute Gasteiger partial charge is 0.326 e. The average Bonchev–Trinajstić information content (AvgIpc) is 3.15. The molecule has 0 aliphatic heterocycles. The number of anilines is 3. The normalized spacial score (nSPS) is 11.2. The second kappa shape index (κ2) is 8.96. The number of sulfonamides is 1. The summed E-state index contributed by atoms with van der Waals surface area (Å²) in [5, 5.41) is 5.79. The van der Waals surface area contributed by atoms with Crippen molar-refractivity contribution in [3.63, 3.8) is 0 Å². The van der Waals surface area contributed by atoms with Crippen LogP contribution in [-0.4, -0.2) is 25.2 Å². The maximum absolute atomic E-state index is 13.0. The number of hydrogen-bond donors (Lipinski definition) is 3. The Morgan fingerprint density at radius 3 is 2.24 bits per heavy atom. The summed E-state index contributed by atoms with van der Waals surface area (Å²) >= 11 is 1.26. The summed E-state index contributed by atoms with van der Waals surface area (Å²) in [7, 11) is -3.89. The van der Waals surface area contributed by atoms with Gasteiger partial charge in [-0.3, -0.25) is 19.6 Å². The van der Waals surface area contributed by atoms with Crippen molar-refractivity contribution in [3.05, 3.63) is 78.1 Å². The SMILES string of the molecule is CC(=O)Nc1ccc2nc(NC(=O)c3ccc(NS(=O)(=O)c4ccc(F)cc4)cc3)sc2c1. The van der Waals surface area contributed by atoms with E-state index in [1.165, 1.54) is 42.5 Å². The third-order valence-corrected chi connectivity index (χ3v) is 6.78. The van der Waals surface area contributed by atoms with Crippen molar-refractivity contribution in [2.75, 3.05) is 15.4 Å². The summed E-state index contributed by atoms with van der Waals surface area (Å²) < 4.78 is 41.0. The van der Waals surface area contributed by atoms with E-state index in [0.717, 1.165) is 29.0 Å². The summed E-state index contributed by atoms with van der Waals surface area (Å²) in [4.78, 5) is 28.1. The van der Waals surface area contributed by atoms with Gasteiger partial charge in [-0.05, 0) is 66.7 Å². The fraction of sp³-hybridized carbons (Fsp3) is 0.0455. The maximum atomic E-state index is 13.0. The molecule has 2 amide bonds. The van der Waals surface area contributed by atoms with Gasteiger partial charge in [-0.1, -0.05) is 11.3 Å². The van der Waals surface area contributed by atoms with E-state index in [0.29, 0.717) is 21.9 Å². The van der Waals surface area contributed by atoms with Gasteiger partial charge in [0, 0.05) is 23.9 Å². The molecular weight excluding hydrogens is 467 g/mol. The highest BCUT2D eigenvalue weighted by molar-refractivity contribution is 7.92. The molecule has 0 saturated heterocycles. The van der Waals surface area contributed by atoms with Crippen molar-refractivity contribution in [3.8, 4) is 0 Å². The molecule has 0 spiro atoms. The number of carbonyl (C=O) groups is 2. The van der Waals surface area contributed by atoms with Crippen LogP contribution in [0.15, 0.2) is 71.6 Å². The smallest absolute Gasteiger partial charge is 0.261 e. The Bertz CT molecular complexity index is 1450. The van der Waals surface area contributed by atoms with Crippen LogP contribution in [0.3, 0.4) is 0 Å². The molecule has 8 nitrogen and oxygen atoms in total. The van der Waals surface area contributed by atoms with Gasteiger partial charge < -0.3 is 5.32 Å². The van der Waals surface area contributed by atoms with E-state index in [9.17, 15) is 22.4 Å². The molecule has 0 unspecified atom stereocenters. The summed E-state index contributed by atoms with van der Waals surface area (Å²) in [6.07, 6.45) is 0. The van der Waals surface area contributed by atoms with Crippen LogP contribution < -0.4 is 15.4 Å². The highest BCUT2D eigenvalue weighted by atomic mass is 32.2. The van der Waals surface area contributed by atoms with E-state index < -0.39 is 21.7 Å². The lowest BCUT2D eigenvalue weighted by atomic mass is 10.2. The lowest BCUT2D eigenvalue weighted by Gasteiger charge is -2.09. The number of fused-ring (bicyclic) bond motifs is 1. The van der Waals surface area contributed by atoms with Crippen molar-refractivity contribution >= 4 is 59.9 Å². The van der Waals surface area contributed by atoms with Crippen LogP contribution in [0.5, 0.6) is 0 Å². The first-order valence-corrected chi connectivity index (χ1v) is 11.9. The molecule has 1 aromatic heterocycles. The van der Waals surface area contributed by atoms with Gasteiger partial charge in [-0.2, -0.15) is 0 Å². The molecule has 0 radical (unpaired) electrons. The summed E-state index contributed by atoms with van der Waals surface area (Å²) in [5.74, 6) is -1.13. The minimum Gasteiger partial charge on any atom is -0.326 e. The van der Waals surface area contributed by atoms with E-state index in [1.54, 1.807) is 18.2 Å². The Hall–Kier alpha value is -3.83. The van der Waals surface area contributed by atoms with Gasteiger partial charge in [0.15, 0.2) is 5.13 Å². The number of nitrogens with one attached hydrogen (secondary N) is 3. The fourth-order valence-electron chi connectivity index (χ4n) is 2.95. The number of hydrogen-bond acceptors (Lipinski definition) is 6. The Kier molecular flexibility index (Phi) is 6.07. The van der Waals surface area contributed by atoms with Crippen molar-refractivity contribution in [1.82, 2.24) is 4.98 Å². The molecule has 0 aliphatic carbocycles. The van der Waals surface area contributed by atoms with Crippen molar-refractivity contribution in [1.29, 1.82) is 0 Å². The molecular formula is C22H17FN4O4S2. The topological polar surface area (TPSA) is 117 Å². The second-order valence-electron chi connectivity index (χ2n) is 6.97. The predicted molar refractivity (Wildman–Crippen MR) is 126 cm³/mol. The Morgan fingerprint density at radius 1 is 0.909 bits per heavy atom. The fourth-order valence-corrected chi connectivity index (χ4v) is 4.90. The first kappa shape index (κ1) is 22.4. The van der Waals surface area contributed by atoms with Crippen LogP contribution in [0.25, 0.3) is 10.2 Å². The van der Waals surface area contributed by atoms with Gasteiger partial charge >= 0.3 is 0 Å². The van der Waals surface area contributed by atoms with Gasteiger partial charge in [0.25, 0.3) is 15.9 Å². The Balaban J connectivity index is 1.45. The number of halogens is 1. The lowest BCUT2D eigenvalue weighted by molar-refractivity contribution is -0.114. The quantitative estimate of drug-likeness (QED) is 0.374. The van der Waals surface area contributed by atoms with Crippen LogP contribution in [0.4, 0.5) is 20.9 Å². The van der Waals surface area contributed by atoms with Crippen molar-refractivity contribution in [2.45, 2.75) is 11.8 Å². The number of thiazole rings is 1. The van der Waals surface area contributed by atoms with Crippen LogP contribution >= 0.6 is 11.3 Å². The van der Waals surface area contributed by atoms with Gasteiger partial charge in [0.1, 0.15) is 5.82 Å². The third kappa shape index (κ3) is 5.33. The zero-order chi connectivity index (χ0) is 23.6. The number of carbonyl (C=O) groups excluding carboxylic acids is 2. The molecule has 4 rings (SSSR count). The number of nitrogens with zero attached hydrogens (tertiary/aromatic N) is 1. The van der Waals surface area contributed by atoms with Crippen LogP contribution in [0.2, 0.25) is 0 Å². The zero-order valence-electron chi connectivity index (χ0n) is 17.1. The minimum absolute atomic E-state index is 0.0804. The van der Waals surface area contributed by atoms with Gasteiger partial charge in [-0.15, -0.1) is 0 Å². The zero-order valence-corrected chi connectivity index (χ0v) is 18.8. The molecule has 4 aromatic rings. The molecule has 0 bridgehead atoms. The molecule has 3 N–H and O–H groups in total. The second-order valence-corrected chi connectivity index (χ2v) is 9.69. The van der Waals surface area contributed by atoms with E-state index >= 15 is 0 Å². The predicted octanol–water partition coefficient (Wildman–Crippen LogP) is 4.45. The summed E-state index contributed by atoms with van der Waals surface area (Å²) in [5.41, 5.74) is 1.87. The van der Waals surface area contributed by atoms with E-state index in [2.05, 4.69) is 20.3 Å². The molecule has 11 heteroatoms. The first-order valence-electron chi connectivity index (χ1n) is 9.58. The van der Waals surface area contributed by atoms with Crippen LogP contribution in [0.1, 0.15) is 17.3 Å². The molecule has 33 heavy (non-hydrogen) atoms. The molecule has 0 aliphatic rings. The lowest BCUT2D eigenvalue weighted by Crippen LogP contribution is -2.14. The van der Waals surface area contributed by atoms with E-state index in [1.807, 2.05) is 0 Å². The van der Waals surface area contributed by atoms with Gasteiger partial charge in [-0.25, -0.2) is 17.8 Å². The molecule has 3 aromatic carbocycles. The summed E-state index contributed by atoms with van der Waals surface area (Å²) in [6.45, 7) is 1.42.